The van der Waals surface area contributed by atoms with Crippen LogP contribution >= 0.6 is 0 Å². The van der Waals surface area contributed by atoms with Crippen LogP contribution in [0.5, 0.6) is 0 Å². The molecule has 0 heterocycles. The van der Waals surface area contributed by atoms with E-state index in [1.807, 2.05) is 0 Å². The molecule has 0 aromatic carbocycles. The molecular weight excluding hydrogens is 447 g/mol. The Morgan fingerprint density at radius 2 is 1.00 bits per heavy atom. The van der Waals surface area contributed by atoms with Gasteiger partial charge in [0, 0.05) is 26.1 Å². The van der Waals surface area contributed by atoms with E-state index in [2.05, 4.69) is 48.5 Å². The molecule has 4 nitrogen and oxygen atoms in total. The van der Waals surface area contributed by atoms with Crippen LogP contribution in [0.3, 0.4) is 0 Å². The smallest absolute Gasteiger partial charge is 0.412 e. The normalized spacial score (nSPS) is 6.63. The van der Waals surface area contributed by atoms with E-state index in [1.165, 1.54) is 44.9 Å². The monoisotopic (exact) mass is 500 g/mol. The number of rotatable bonds is 9. The molecule has 0 aliphatic carbocycles. The SMILES string of the molecule is C.CCCCCO.O.O.O.[CH2+]CCCC.[CH2-]CCCC.[CH2-]CCCC.[H+].[Zn+2].[Zn]. The summed E-state index contributed by atoms with van der Waals surface area (Å²) in [5.74, 6) is 0. The maximum Gasteiger partial charge on any atom is 2.00 e. The van der Waals surface area contributed by atoms with Crippen molar-refractivity contribution in [2.45, 2.75) is 112 Å². The fourth-order valence-electron chi connectivity index (χ4n) is 1.11. The molecule has 0 amide bonds. The van der Waals surface area contributed by atoms with Crippen LogP contribution in [0.15, 0.2) is 0 Å². The van der Waals surface area contributed by atoms with Gasteiger partial charge in [-0.1, -0.05) is 80.1 Å². The fourth-order valence-corrected chi connectivity index (χ4v) is 1.11. The Balaban J connectivity index is -0.0000000141. The van der Waals surface area contributed by atoms with Gasteiger partial charge in [-0.15, -0.1) is 0 Å². The topological polar surface area (TPSA) is 115 Å². The predicted octanol–water partition coefficient (Wildman–Crippen LogP) is 5.47. The van der Waals surface area contributed by atoms with Gasteiger partial charge in [-0.2, -0.15) is 12.8 Å². The van der Waals surface area contributed by atoms with Gasteiger partial charge >= 0.3 is 20.9 Å². The summed E-state index contributed by atoms with van der Waals surface area (Å²) in [6, 6.07) is 0. The number of unbranched alkanes of at least 4 members (excludes halogenated alkanes) is 8. The first-order valence-corrected chi connectivity index (χ1v) is 9.14. The molecule has 0 spiro atoms. The predicted molar refractivity (Wildman–Crippen MR) is 120 cm³/mol. The Labute approximate surface area is 201 Å². The van der Waals surface area contributed by atoms with Crippen LogP contribution in [0.2, 0.25) is 0 Å². The molecule has 0 atom stereocenters. The van der Waals surface area contributed by atoms with E-state index in [-0.39, 0.29) is 64.2 Å². The molecule has 0 saturated heterocycles. The van der Waals surface area contributed by atoms with E-state index in [4.69, 9.17) is 5.11 Å². The van der Waals surface area contributed by atoms with E-state index in [1.54, 1.807) is 0 Å². The van der Waals surface area contributed by atoms with E-state index >= 15 is 0 Å². The maximum absolute atomic E-state index is 8.20. The molecule has 0 saturated carbocycles. The third-order valence-electron chi connectivity index (χ3n) is 2.57. The third-order valence-corrected chi connectivity index (χ3v) is 2.57. The summed E-state index contributed by atoms with van der Waals surface area (Å²) < 4.78 is 0. The standard InChI is InChI=1S/C5H12O.3C5H11.CH4.3H2O.2Zn/c1-2-3-4-5-6;3*1-3-5-4-2;;;;;;/h6H,2-5H2,1H3;3*1,3-5H2,2H3;1H4;3*1H2;;/q;2*-1;+1;;;;;;+2/p+1. The molecule has 7 N–H and O–H groups in total. The number of hydrogen-bond acceptors (Lipinski definition) is 1. The maximum atomic E-state index is 8.20. The van der Waals surface area contributed by atoms with Gasteiger partial charge in [-0.05, 0) is 12.8 Å². The Morgan fingerprint density at radius 3 is 1.04 bits per heavy atom. The van der Waals surface area contributed by atoms with E-state index in [0.29, 0.717) is 6.61 Å². The number of aliphatic hydroxyl groups excluding tert-OH is 1. The molecule has 0 aromatic heterocycles. The second-order valence-electron chi connectivity index (χ2n) is 5.05. The Morgan fingerprint density at radius 1 is 0.704 bits per heavy atom. The summed E-state index contributed by atoms with van der Waals surface area (Å²) in [6.45, 7) is 20.0. The average molecular weight is 503 g/mol. The molecule has 0 radical (unpaired) electrons. The van der Waals surface area contributed by atoms with Crippen molar-refractivity contribution in [3.05, 3.63) is 20.8 Å². The van der Waals surface area contributed by atoms with Crippen LogP contribution in [0.4, 0.5) is 0 Å². The summed E-state index contributed by atoms with van der Waals surface area (Å²) >= 11 is 0. The van der Waals surface area contributed by atoms with Gasteiger partial charge in [0.25, 0.3) is 0 Å². The zero-order chi connectivity index (χ0) is 17.2. The van der Waals surface area contributed by atoms with E-state index < -0.39 is 0 Å². The van der Waals surface area contributed by atoms with Crippen LogP contribution in [0.25, 0.3) is 0 Å². The molecule has 27 heavy (non-hydrogen) atoms. The van der Waals surface area contributed by atoms with E-state index in [9.17, 15) is 0 Å². The molecule has 0 fully saturated rings. The summed E-state index contributed by atoms with van der Waals surface area (Å²) in [5, 5.41) is 8.20. The van der Waals surface area contributed by atoms with Crippen molar-refractivity contribution in [3.8, 4) is 0 Å². The zero-order valence-corrected chi connectivity index (χ0v) is 24.6. The van der Waals surface area contributed by atoms with Crippen LogP contribution < -0.4 is 0 Å². The second kappa shape index (κ2) is 93.2. The Bertz CT molecular complexity index is 104. The van der Waals surface area contributed by atoms with Crippen molar-refractivity contribution < 1.29 is 61.9 Å². The third kappa shape index (κ3) is 169. The summed E-state index contributed by atoms with van der Waals surface area (Å²) in [5.41, 5.74) is 0. The summed E-state index contributed by atoms with van der Waals surface area (Å²) in [4.78, 5) is 0. The summed E-state index contributed by atoms with van der Waals surface area (Å²) in [6.07, 6.45) is 14.3. The van der Waals surface area contributed by atoms with Gasteiger partial charge < -0.3 is 35.4 Å². The minimum atomic E-state index is 0. The minimum absolute atomic E-state index is 0. The van der Waals surface area contributed by atoms with Crippen LogP contribution in [-0.4, -0.2) is 28.1 Å². The Hall–Kier alpha value is 0.957. The quantitative estimate of drug-likeness (QED) is 0.251. The molecule has 0 unspecified atom stereocenters. The van der Waals surface area contributed by atoms with Gasteiger partial charge in [0.2, 0.25) is 0 Å². The molecule has 0 aliphatic rings. The molecular formula is C21H56O4Zn2+2. The van der Waals surface area contributed by atoms with E-state index in [0.717, 1.165) is 32.1 Å². The van der Waals surface area contributed by atoms with Gasteiger partial charge in [-0.3, -0.25) is 0 Å². The van der Waals surface area contributed by atoms with Crippen molar-refractivity contribution in [1.29, 1.82) is 0 Å². The number of aliphatic hydroxyl groups is 1. The average Bonchev–Trinajstić information content (AvgIpc) is 2.49. The van der Waals surface area contributed by atoms with Crippen molar-refractivity contribution in [2.24, 2.45) is 0 Å². The molecule has 0 rings (SSSR count). The molecule has 0 bridgehead atoms. The molecule has 6 heteroatoms. The first-order valence-electron chi connectivity index (χ1n) is 9.14. The Kier molecular flexibility index (Phi) is 218. The van der Waals surface area contributed by atoms with Crippen LogP contribution in [-0.2, 0) is 39.0 Å². The van der Waals surface area contributed by atoms with Crippen molar-refractivity contribution in [3.63, 3.8) is 0 Å². The minimum Gasteiger partial charge on any atom is -0.412 e. The molecule has 0 aromatic rings. The van der Waals surface area contributed by atoms with Crippen molar-refractivity contribution in [2.75, 3.05) is 6.61 Å². The van der Waals surface area contributed by atoms with Crippen molar-refractivity contribution >= 4 is 0 Å². The molecule has 0 aliphatic heterocycles. The fraction of sp³-hybridized carbons (Fsp3) is 0.857. The van der Waals surface area contributed by atoms with Gasteiger partial charge in [0.05, 0.1) is 13.3 Å². The van der Waals surface area contributed by atoms with Gasteiger partial charge in [0.1, 0.15) is 0 Å². The first kappa shape index (κ1) is 63.0. The first-order chi connectivity index (χ1) is 10.2. The second-order valence-corrected chi connectivity index (χ2v) is 5.05. The van der Waals surface area contributed by atoms with Crippen LogP contribution in [0, 0.1) is 20.8 Å². The molecule has 166 valence electrons. The largest absolute Gasteiger partial charge is 2.00 e. The number of hydrogen-bond donors (Lipinski definition) is 1. The zero-order valence-electron chi connectivity index (χ0n) is 19.7. The van der Waals surface area contributed by atoms with Gasteiger partial charge in [0.15, 0.2) is 0 Å². The van der Waals surface area contributed by atoms with Crippen LogP contribution in [0.1, 0.15) is 114 Å². The van der Waals surface area contributed by atoms with Crippen molar-refractivity contribution in [1.82, 2.24) is 0 Å². The summed E-state index contributed by atoms with van der Waals surface area (Å²) in [7, 11) is 0. The van der Waals surface area contributed by atoms with Gasteiger partial charge in [-0.25, -0.2) is 0 Å².